The van der Waals surface area contributed by atoms with Gasteiger partial charge in [-0.3, -0.25) is 19.2 Å². The SMILES string of the molecule is NCCCCC(NC(=O)C1(C(=O)NCCc2ccccc2)CCCC1)O[B]OC(CCCCN)NC(=O)C1(C(=O)NCCc2ccccc2)CCCC1. The Bertz CT molecular complexity index is 1300. The molecular formula is C40H60BN6O6. The van der Waals surface area contributed by atoms with Crippen molar-refractivity contribution in [3.63, 3.8) is 0 Å². The van der Waals surface area contributed by atoms with Crippen LogP contribution in [0, 0.1) is 10.8 Å². The van der Waals surface area contributed by atoms with Gasteiger partial charge in [0.25, 0.3) is 0 Å². The van der Waals surface area contributed by atoms with Crippen molar-refractivity contribution in [1.82, 2.24) is 21.3 Å². The van der Waals surface area contributed by atoms with E-state index in [0.29, 0.717) is 90.4 Å². The highest BCUT2D eigenvalue weighted by Crippen LogP contribution is 2.40. The van der Waals surface area contributed by atoms with Crippen molar-refractivity contribution >= 4 is 31.3 Å². The van der Waals surface area contributed by atoms with Gasteiger partial charge in [-0.15, -0.1) is 0 Å². The van der Waals surface area contributed by atoms with Crippen LogP contribution >= 0.6 is 0 Å². The van der Waals surface area contributed by atoms with Crippen molar-refractivity contribution in [3.05, 3.63) is 71.8 Å². The third-order valence-corrected chi connectivity index (χ3v) is 10.6. The van der Waals surface area contributed by atoms with Gasteiger partial charge >= 0.3 is 7.69 Å². The van der Waals surface area contributed by atoms with Crippen molar-refractivity contribution in [2.24, 2.45) is 22.3 Å². The molecule has 53 heavy (non-hydrogen) atoms. The summed E-state index contributed by atoms with van der Waals surface area (Å²) in [5.41, 5.74) is 11.4. The molecule has 8 N–H and O–H groups in total. The lowest BCUT2D eigenvalue weighted by atomic mass is 9.83. The van der Waals surface area contributed by atoms with E-state index >= 15 is 0 Å². The Labute approximate surface area is 316 Å². The molecule has 2 saturated carbocycles. The summed E-state index contributed by atoms with van der Waals surface area (Å²) >= 11 is 0. The molecule has 0 aromatic heterocycles. The Morgan fingerprint density at radius 3 is 1.32 bits per heavy atom. The minimum absolute atomic E-state index is 0.267. The molecule has 0 aliphatic heterocycles. The van der Waals surface area contributed by atoms with E-state index in [1.165, 1.54) is 0 Å². The topological polar surface area (TPSA) is 187 Å². The van der Waals surface area contributed by atoms with Crippen LogP contribution in [0.4, 0.5) is 0 Å². The highest BCUT2D eigenvalue weighted by molar-refractivity contribution is 6.18. The van der Waals surface area contributed by atoms with Crippen molar-refractivity contribution in [2.75, 3.05) is 26.2 Å². The summed E-state index contributed by atoms with van der Waals surface area (Å²) in [7, 11) is 1.16. The van der Waals surface area contributed by atoms with Gasteiger partial charge in [-0.05, 0) is 101 Å². The molecular weight excluding hydrogens is 671 g/mol. The predicted molar refractivity (Wildman–Crippen MR) is 206 cm³/mol. The zero-order valence-electron chi connectivity index (χ0n) is 31.3. The van der Waals surface area contributed by atoms with Gasteiger partial charge in [0.05, 0.1) is 0 Å². The summed E-state index contributed by atoms with van der Waals surface area (Å²) in [6, 6.07) is 19.8. The number of nitrogens with one attached hydrogen (secondary N) is 4. The maximum atomic E-state index is 13.9. The predicted octanol–water partition coefficient (Wildman–Crippen LogP) is 3.54. The van der Waals surface area contributed by atoms with Crippen LogP contribution in [0.1, 0.15) is 101 Å². The zero-order valence-corrected chi connectivity index (χ0v) is 31.3. The van der Waals surface area contributed by atoms with Crippen LogP contribution in [0.3, 0.4) is 0 Å². The number of rotatable bonds is 24. The summed E-state index contributed by atoms with van der Waals surface area (Å²) in [5.74, 6) is -1.27. The summed E-state index contributed by atoms with van der Waals surface area (Å²) in [6.07, 6.45) is 8.49. The number of benzene rings is 2. The van der Waals surface area contributed by atoms with Crippen molar-refractivity contribution in [3.8, 4) is 0 Å². The lowest BCUT2D eigenvalue weighted by molar-refractivity contribution is -0.146. The number of hydrogen-bond donors (Lipinski definition) is 6. The molecule has 0 heterocycles. The first-order chi connectivity index (χ1) is 25.8. The van der Waals surface area contributed by atoms with E-state index in [2.05, 4.69) is 21.3 Å². The average molecular weight is 732 g/mol. The van der Waals surface area contributed by atoms with Crippen molar-refractivity contribution in [2.45, 2.75) is 115 Å². The van der Waals surface area contributed by atoms with Gasteiger partial charge in [-0.2, -0.15) is 0 Å². The van der Waals surface area contributed by atoms with Crippen LogP contribution in [-0.2, 0) is 41.3 Å². The molecule has 4 amide bonds. The van der Waals surface area contributed by atoms with Gasteiger partial charge in [-0.1, -0.05) is 86.3 Å². The minimum atomic E-state index is -1.18. The summed E-state index contributed by atoms with van der Waals surface area (Å²) in [5, 5.41) is 12.0. The molecule has 0 bridgehead atoms. The van der Waals surface area contributed by atoms with Gasteiger partial charge in [-0.25, -0.2) is 0 Å². The van der Waals surface area contributed by atoms with E-state index in [0.717, 1.165) is 57.3 Å². The van der Waals surface area contributed by atoms with E-state index in [9.17, 15) is 19.2 Å². The fraction of sp³-hybridized carbons (Fsp3) is 0.600. The Hall–Kier alpha value is -3.78. The molecule has 2 aromatic rings. The lowest BCUT2D eigenvalue weighted by Crippen LogP contribution is -2.54. The number of unbranched alkanes of at least 4 members (excludes halogenated alkanes) is 2. The van der Waals surface area contributed by atoms with Gasteiger partial charge in [0.15, 0.2) is 0 Å². The molecule has 4 rings (SSSR count). The summed E-state index contributed by atoms with van der Waals surface area (Å²) in [4.78, 5) is 54.8. The summed E-state index contributed by atoms with van der Waals surface area (Å²) < 4.78 is 12.0. The Kier molecular flexibility index (Phi) is 17.8. The van der Waals surface area contributed by atoms with Crippen LogP contribution < -0.4 is 32.7 Å². The molecule has 2 unspecified atom stereocenters. The average Bonchev–Trinajstić information content (AvgIpc) is 3.88. The van der Waals surface area contributed by atoms with Crippen LogP contribution in [-0.4, -0.2) is 69.9 Å². The molecule has 2 aliphatic carbocycles. The lowest BCUT2D eigenvalue weighted by Gasteiger charge is -2.31. The number of hydrogen-bond acceptors (Lipinski definition) is 8. The monoisotopic (exact) mass is 731 g/mol. The molecule has 2 fully saturated rings. The quantitative estimate of drug-likeness (QED) is 0.0410. The number of carbonyl (C=O) groups excluding carboxylic acids is 4. The third kappa shape index (κ3) is 12.7. The van der Waals surface area contributed by atoms with Gasteiger partial charge in [0, 0.05) is 13.1 Å². The molecule has 289 valence electrons. The molecule has 2 aromatic carbocycles. The molecule has 2 atom stereocenters. The van der Waals surface area contributed by atoms with Crippen LogP contribution in [0.25, 0.3) is 0 Å². The molecule has 1 radical (unpaired) electrons. The number of nitrogens with two attached hydrogens (primary N) is 2. The van der Waals surface area contributed by atoms with Crippen molar-refractivity contribution < 1.29 is 28.5 Å². The largest absolute Gasteiger partial charge is 0.491 e. The Morgan fingerprint density at radius 1 is 0.585 bits per heavy atom. The smallest absolute Gasteiger partial charge is 0.393 e. The van der Waals surface area contributed by atoms with Crippen LogP contribution in [0.15, 0.2) is 60.7 Å². The van der Waals surface area contributed by atoms with Crippen LogP contribution in [0.5, 0.6) is 0 Å². The normalized spacial score (nSPS) is 17.0. The maximum Gasteiger partial charge on any atom is 0.491 e. The molecule has 2 aliphatic rings. The first-order valence-corrected chi connectivity index (χ1v) is 19.6. The fourth-order valence-corrected chi connectivity index (χ4v) is 7.37. The second-order valence-corrected chi connectivity index (χ2v) is 14.4. The Balaban J connectivity index is 1.35. The second-order valence-electron chi connectivity index (χ2n) is 14.4. The van der Waals surface area contributed by atoms with E-state index in [-0.39, 0.29) is 23.6 Å². The number of amides is 4. The molecule has 0 spiro atoms. The highest BCUT2D eigenvalue weighted by Gasteiger charge is 2.49. The minimum Gasteiger partial charge on any atom is -0.393 e. The zero-order chi connectivity index (χ0) is 37.8. The summed E-state index contributed by atoms with van der Waals surface area (Å²) in [6.45, 7) is 1.85. The van der Waals surface area contributed by atoms with E-state index in [1.54, 1.807) is 0 Å². The van der Waals surface area contributed by atoms with Gasteiger partial charge in [0.1, 0.15) is 23.3 Å². The van der Waals surface area contributed by atoms with Gasteiger partial charge in [0.2, 0.25) is 23.6 Å². The van der Waals surface area contributed by atoms with E-state index < -0.39 is 23.3 Å². The fourth-order valence-electron chi connectivity index (χ4n) is 7.37. The standard InChI is InChI=1S/C40H60BN6O6/c42-27-13-7-19-33(46-37(50)39(23-9-10-24-39)35(48)44-29-21-31-15-3-1-4-16-31)52-41-53-34(20-8-14-28-43)47-38(51)40(25-11-12-26-40)36(49)45-30-22-32-17-5-2-6-18-32/h1-6,15-18,33-34H,7-14,19-30,42-43H2,(H,44,48)(H,45,49)(H,46,50)(H,47,51). The van der Waals surface area contributed by atoms with Gasteiger partial charge < -0.3 is 42.0 Å². The first kappa shape index (κ1) is 42.0. The molecule has 0 saturated heterocycles. The maximum absolute atomic E-state index is 13.9. The molecule has 12 nitrogen and oxygen atoms in total. The molecule has 13 heteroatoms. The van der Waals surface area contributed by atoms with E-state index in [1.807, 2.05) is 60.7 Å². The van der Waals surface area contributed by atoms with Crippen LogP contribution in [0.2, 0.25) is 0 Å². The third-order valence-electron chi connectivity index (χ3n) is 10.6. The van der Waals surface area contributed by atoms with E-state index in [4.69, 9.17) is 20.8 Å². The van der Waals surface area contributed by atoms with Crippen molar-refractivity contribution in [1.29, 1.82) is 0 Å². The highest BCUT2D eigenvalue weighted by atomic mass is 16.6. The first-order valence-electron chi connectivity index (χ1n) is 19.6. The second kappa shape index (κ2) is 22.4. The number of carbonyl (C=O) groups is 4. The Morgan fingerprint density at radius 2 is 0.962 bits per heavy atom.